The topological polar surface area (TPSA) is 38.1 Å². The van der Waals surface area contributed by atoms with Gasteiger partial charge in [0.1, 0.15) is 4.32 Å². The highest BCUT2D eigenvalue weighted by Crippen LogP contribution is 2.39. The zero-order valence-corrected chi connectivity index (χ0v) is 22.3. The molecule has 0 atom stereocenters. The lowest BCUT2D eigenvalue weighted by Crippen LogP contribution is -2.36. The van der Waals surface area contributed by atoms with Gasteiger partial charge in [-0.15, -0.1) is 11.8 Å². The van der Waals surface area contributed by atoms with E-state index in [4.69, 9.17) is 17.3 Å². The predicted molar refractivity (Wildman–Crippen MR) is 152 cm³/mol. The molecule has 2 aliphatic rings. The summed E-state index contributed by atoms with van der Waals surface area (Å²) in [5, 5.41) is 4.94. The average molecular weight is 520 g/mol. The fourth-order valence-corrected chi connectivity index (χ4v) is 6.96. The number of carbonyl (C=O) groups is 1. The summed E-state index contributed by atoms with van der Waals surface area (Å²) >= 11 is 8.92. The molecule has 0 unspecified atom stereocenters. The molecule has 2 heterocycles. The van der Waals surface area contributed by atoms with E-state index in [-0.39, 0.29) is 11.9 Å². The maximum absolute atomic E-state index is 13.3. The summed E-state index contributed by atoms with van der Waals surface area (Å²) in [6, 6.07) is 18.9. The zero-order chi connectivity index (χ0) is 24.2. The Hall–Kier alpha value is -2.35. The van der Waals surface area contributed by atoms with Crippen LogP contribution in [0, 0.1) is 0 Å². The van der Waals surface area contributed by atoms with Gasteiger partial charge >= 0.3 is 0 Å². The van der Waals surface area contributed by atoms with Crippen LogP contribution in [0.2, 0.25) is 0 Å². The maximum Gasteiger partial charge on any atom is 0.266 e. The molecule has 5 rings (SSSR count). The van der Waals surface area contributed by atoms with Gasteiger partial charge in [-0.05, 0) is 55.4 Å². The molecular weight excluding hydrogens is 491 g/mol. The summed E-state index contributed by atoms with van der Waals surface area (Å²) in [4.78, 5) is 17.1. The van der Waals surface area contributed by atoms with Crippen molar-refractivity contribution >= 4 is 52.0 Å². The van der Waals surface area contributed by atoms with E-state index in [1.807, 2.05) is 63.9 Å². The van der Waals surface area contributed by atoms with E-state index in [0.717, 1.165) is 41.1 Å². The van der Waals surface area contributed by atoms with Crippen LogP contribution >= 0.6 is 35.7 Å². The van der Waals surface area contributed by atoms with Gasteiger partial charge in [0.2, 0.25) is 0 Å². The van der Waals surface area contributed by atoms with Crippen LogP contribution in [0.4, 0.5) is 0 Å². The summed E-state index contributed by atoms with van der Waals surface area (Å²) < 4.78 is 2.57. The summed E-state index contributed by atoms with van der Waals surface area (Å²) in [6.07, 6.45) is 10.8. The van der Waals surface area contributed by atoms with Crippen LogP contribution in [0.15, 0.2) is 70.6 Å². The van der Waals surface area contributed by atoms with E-state index in [2.05, 4.69) is 31.2 Å². The lowest BCUT2D eigenvalue weighted by molar-refractivity contribution is -0.123. The smallest absolute Gasteiger partial charge is 0.266 e. The minimum Gasteiger partial charge on any atom is -0.290 e. The van der Waals surface area contributed by atoms with Crippen LogP contribution < -0.4 is 0 Å². The van der Waals surface area contributed by atoms with Gasteiger partial charge in [0.25, 0.3) is 5.91 Å². The number of para-hydroxylation sites is 1. The first-order valence-electron chi connectivity index (χ1n) is 12.3. The Morgan fingerprint density at radius 1 is 1.11 bits per heavy atom. The first-order valence-corrected chi connectivity index (χ1v) is 14.5. The lowest BCUT2D eigenvalue weighted by Gasteiger charge is -2.21. The van der Waals surface area contributed by atoms with Crippen LogP contribution in [-0.2, 0) is 4.79 Å². The number of thioether (sulfide) groups is 2. The summed E-state index contributed by atoms with van der Waals surface area (Å²) in [7, 11) is 0. The van der Waals surface area contributed by atoms with Gasteiger partial charge in [0, 0.05) is 28.3 Å². The van der Waals surface area contributed by atoms with E-state index in [1.165, 1.54) is 42.3 Å². The van der Waals surface area contributed by atoms with Crippen LogP contribution in [0.25, 0.3) is 23.0 Å². The number of nitrogens with zero attached hydrogens (tertiary/aromatic N) is 3. The third kappa shape index (κ3) is 5.42. The van der Waals surface area contributed by atoms with E-state index < -0.39 is 0 Å². The number of benzene rings is 2. The molecule has 0 bridgehead atoms. The molecule has 180 valence electrons. The number of aromatic nitrogens is 2. The van der Waals surface area contributed by atoms with Gasteiger partial charge in [-0.1, -0.05) is 80.5 Å². The third-order valence-corrected chi connectivity index (χ3v) is 8.89. The molecule has 2 fully saturated rings. The molecule has 1 amide bonds. The number of amides is 1. The SMILES string of the molecule is CCCCSc1ccc(-c2nn(-c3ccccc3)cc2/C=C2\SC(=S)N(C3CCCC3)C2=O)cc1. The molecule has 1 aliphatic carbocycles. The van der Waals surface area contributed by atoms with Crippen molar-refractivity contribution < 1.29 is 4.79 Å². The van der Waals surface area contributed by atoms with E-state index >= 15 is 0 Å². The number of hydrogen-bond acceptors (Lipinski definition) is 5. The molecule has 3 aromatic rings. The Morgan fingerprint density at radius 2 is 1.86 bits per heavy atom. The first-order chi connectivity index (χ1) is 17.1. The lowest BCUT2D eigenvalue weighted by atomic mass is 10.1. The molecule has 0 radical (unpaired) electrons. The normalized spacial score (nSPS) is 17.7. The number of thiocarbonyl (C=S) groups is 1. The largest absolute Gasteiger partial charge is 0.290 e. The van der Waals surface area contributed by atoms with Gasteiger partial charge in [-0.25, -0.2) is 4.68 Å². The van der Waals surface area contributed by atoms with Gasteiger partial charge in [0.15, 0.2) is 0 Å². The average Bonchev–Trinajstić information content (AvgIpc) is 3.61. The minimum absolute atomic E-state index is 0.0352. The summed E-state index contributed by atoms with van der Waals surface area (Å²) in [5.41, 5.74) is 3.81. The van der Waals surface area contributed by atoms with Gasteiger partial charge < -0.3 is 0 Å². The highest BCUT2D eigenvalue weighted by atomic mass is 32.2. The molecule has 7 heteroatoms. The fraction of sp³-hybridized carbons (Fsp3) is 0.321. The second kappa shape index (κ2) is 11.1. The van der Waals surface area contributed by atoms with Crippen molar-refractivity contribution in [2.75, 3.05) is 5.75 Å². The second-order valence-electron chi connectivity index (χ2n) is 8.93. The van der Waals surface area contributed by atoms with Gasteiger partial charge in [-0.3, -0.25) is 9.69 Å². The molecule has 1 saturated carbocycles. The van der Waals surface area contributed by atoms with Crippen LogP contribution in [-0.4, -0.2) is 36.7 Å². The molecule has 0 spiro atoms. The van der Waals surface area contributed by atoms with Gasteiger partial charge in [-0.2, -0.15) is 5.10 Å². The van der Waals surface area contributed by atoms with Crippen LogP contribution in [0.5, 0.6) is 0 Å². The Balaban J connectivity index is 1.48. The van der Waals surface area contributed by atoms with Crippen molar-refractivity contribution in [3.63, 3.8) is 0 Å². The molecule has 4 nitrogen and oxygen atoms in total. The molecule has 35 heavy (non-hydrogen) atoms. The zero-order valence-electron chi connectivity index (χ0n) is 19.9. The highest BCUT2D eigenvalue weighted by molar-refractivity contribution is 8.26. The Morgan fingerprint density at radius 3 is 2.57 bits per heavy atom. The molecule has 1 aliphatic heterocycles. The minimum atomic E-state index is 0.0352. The van der Waals surface area contributed by atoms with Crippen molar-refractivity contribution in [1.82, 2.24) is 14.7 Å². The number of hydrogen-bond donors (Lipinski definition) is 0. The van der Waals surface area contributed by atoms with Crippen LogP contribution in [0.1, 0.15) is 51.0 Å². The molecular formula is C28H29N3OS3. The second-order valence-corrected chi connectivity index (χ2v) is 11.8. The maximum atomic E-state index is 13.3. The van der Waals surface area contributed by atoms with E-state index in [0.29, 0.717) is 9.23 Å². The van der Waals surface area contributed by atoms with Crippen molar-refractivity contribution in [2.24, 2.45) is 0 Å². The van der Waals surface area contributed by atoms with Crippen molar-refractivity contribution in [1.29, 1.82) is 0 Å². The third-order valence-electron chi connectivity index (χ3n) is 6.46. The molecule has 0 N–H and O–H groups in total. The fourth-order valence-electron chi connectivity index (χ4n) is 4.57. The Labute approximate surface area is 221 Å². The summed E-state index contributed by atoms with van der Waals surface area (Å²) in [6.45, 7) is 2.22. The van der Waals surface area contributed by atoms with E-state index in [9.17, 15) is 4.79 Å². The van der Waals surface area contributed by atoms with Crippen molar-refractivity contribution in [3.05, 3.63) is 71.3 Å². The number of carbonyl (C=O) groups excluding carboxylic acids is 1. The predicted octanol–water partition coefficient (Wildman–Crippen LogP) is 7.58. The molecule has 2 aromatic carbocycles. The van der Waals surface area contributed by atoms with Crippen molar-refractivity contribution in [2.45, 2.75) is 56.4 Å². The molecule has 1 saturated heterocycles. The standard InChI is InChI=1S/C28H29N3OS3/c1-2-3-17-34-24-15-13-20(14-16-24)26-21(19-30(29-26)22-9-5-4-6-10-22)18-25-27(32)31(28(33)35-25)23-11-7-8-12-23/h4-6,9-10,13-16,18-19,23H,2-3,7-8,11-12,17H2,1H3/b25-18-. The number of unbranched alkanes of at least 4 members (excludes halogenated alkanes) is 1. The quantitative estimate of drug-likeness (QED) is 0.133. The molecule has 1 aromatic heterocycles. The Bertz CT molecular complexity index is 1230. The first kappa shape index (κ1) is 24.3. The van der Waals surface area contributed by atoms with Crippen LogP contribution in [0.3, 0.4) is 0 Å². The monoisotopic (exact) mass is 519 g/mol. The number of rotatable bonds is 8. The van der Waals surface area contributed by atoms with E-state index in [1.54, 1.807) is 0 Å². The van der Waals surface area contributed by atoms with Crippen molar-refractivity contribution in [3.8, 4) is 16.9 Å². The summed E-state index contributed by atoms with van der Waals surface area (Å²) in [5.74, 6) is 1.17. The van der Waals surface area contributed by atoms with Gasteiger partial charge in [0.05, 0.1) is 16.3 Å². The Kier molecular flexibility index (Phi) is 7.75. The highest BCUT2D eigenvalue weighted by Gasteiger charge is 2.38.